The summed E-state index contributed by atoms with van der Waals surface area (Å²) in [4.78, 5) is 26.4. The predicted octanol–water partition coefficient (Wildman–Crippen LogP) is 12.6. The molecular formula is C57H107NO10. The summed E-state index contributed by atoms with van der Waals surface area (Å²) in [5.74, 6) is -1.19. The van der Waals surface area contributed by atoms with Gasteiger partial charge < -0.3 is 45.1 Å². The Labute approximate surface area is 416 Å². The van der Waals surface area contributed by atoms with Gasteiger partial charge in [0.1, 0.15) is 24.4 Å². The number of carbonyl (C=O) groups is 2. The second-order valence-electron chi connectivity index (χ2n) is 20.0. The molecule has 0 bridgehead atoms. The second-order valence-corrected chi connectivity index (χ2v) is 20.0. The van der Waals surface area contributed by atoms with Crippen molar-refractivity contribution in [1.82, 2.24) is 5.32 Å². The number of unbranched alkanes of at least 4 members (excludes halogenated alkanes) is 32. The van der Waals surface area contributed by atoms with Crippen LogP contribution in [0.1, 0.15) is 265 Å². The summed E-state index contributed by atoms with van der Waals surface area (Å²) < 4.78 is 17.6. The molecular weight excluding hydrogens is 859 g/mol. The Kier molecular flexibility index (Phi) is 43.6. The van der Waals surface area contributed by atoms with Crippen molar-refractivity contribution >= 4 is 11.9 Å². The second kappa shape index (κ2) is 46.2. The molecule has 0 radical (unpaired) electrons. The summed E-state index contributed by atoms with van der Waals surface area (Å²) in [6, 6.07) is -1.02. The van der Waals surface area contributed by atoms with Crippen LogP contribution in [0.15, 0.2) is 24.3 Å². The Balaban J connectivity index is 2.71. The quantitative estimate of drug-likeness (QED) is 0.0196. The Morgan fingerprint density at radius 2 is 0.971 bits per heavy atom. The number of allylic oxidation sites excluding steroid dienone is 3. The van der Waals surface area contributed by atoms with Crippen molar-refractivity contribution in [2.24, 2.45) is 0 Å². The van der Waals surface area contributed by atoms with Gasteiger partial charge in [-0.15, -0.1) is 0 Å². The van der Waals surface area contributed by atoms with Gasteiger partial charge in [-0.1, -0.05) is 231 Å². The number of hydrogen-bond donors (Lipinski definition) is 6. The molecule has 68 heavy (non-hydrogen) atoms. The normalized spacial score (nSPS) is 20.0. The van der Waals surface area contributed by atoms with E-state index in [1.54, 1.807) is 6.08 Å². The Morgan fingerprint density at radius 3 is 1.43 bits per heavy atom. The van der Waals surface area contributed by atoms with Crippen LogP contribution in [0.4, 0.5) is 0 Å². The monoisotopic (exact) mass is 966 g/mol. The molecule has 1 aliphatic heterocycles. The molecule has 8 unspecified atom stereocenters. The largest absolute Gasteiger partial charge is 0.454 e. The van der Waals surface area contributed by atoms with Gasteiger partial charge in [0.05, 0.1) is 25.4 Å². The zero-order chi connectivity index (χ0) is 49.7. The summed E-state index contributed by atoms with van der Waals surface area (Å²) in [6.07, 6.45) is 40.8. The highest BCUT2D eigenvalue weighted by Crippen LogP contribution is 2.26. The maximum absolute atomic E-state index is 13.3. The third-order valence-electron chi connectivity index (χ3n) is 13.6. The highest BCUT2D eigenvalue weighted by Gasteiger charge is 2.47. The highest BCUT2D eigenvalue weighted by molar-refractivity contribution is 5.80. The molecule has 0 aromatic carbocycles. The van der Waals surface area contributed by atoms with E-state index < -0.39 is 67.4 Å². The number of hydrogen-bond acceptors (Lipinski definition) is 10. The van der Waals surface area contributed by atoms with Crippen molar-refractivity contribution < 1.29 is 49.3 Å². The third-order valence-corrected chi connectivity index (χ3v) is 13.6. The number of esters is 1. The zero-order valence-electron chi connectivity index (χ0n) is 44.0. The molecule has 400 valence electrons. The molecule has 1 amide bonds. The van der Waals surface area contributed by atoms with Gasteiger partial charge in [-0.2, -0.15) is 0 Å². The van der Waals surface area contributed by atoms with Gasteiger partial charge in [-0.05, 0) is 51.4 Å². The molecule has 1 heterocycles. The van der Waals surface area contributed by atoms with E-state index >= 15 is 0 Å². The summed E-state index contributed by atoms with van der Waals surface area (Å²) in [7, 11) is 0. The first kappa shape index (κ1) is 64.2. The average molecular weight is 966 g/mol. The number of rotatable bonds is 48. The standard InChI is InChI=1S/C57H107NO10/c1-4-7-10-13-16-19-22-24-25-26-27-28-30-33-36-39-42-45-52(62)68-55-54(64)53(63)51(46-59)67-57(55)66-47-48(49(60)43-40-37-34-32-29-23-20-17-14-11-8-5-2)58-56(65)50(61)44-41-38-35-31-21-18-15-12-9-6-3/h24-25,40,43,48-51,53-55,57,59-61,63-64H,4-23,26-39,41-42,44-47H2,1-3H3,(H,58,65)/b25-24+,43-40+. The van der Waals surface area contributed by atoms with Crippen LogP contribution < -0.4 is 5.32 Å². The fraction of sp³-hybridized carbons (Fsp3) is 0.895. The Bertz CT molecular complexity index is 1200. The topological polar surface area (TPSA) is 175 Å². The first-order valence-electron chi connectivity index (χ1n) is 28.6. The first-order valence-corrected chi connectivity index (χ1v) is 28.6. The van der Waals surface area contributed by atoms with Crippen LogP contribution in [0.3, 0.4) is 0 Å². The number of aliphatic hydroxyl groups excluding tert-OH is 5. The van der Waals surface area contributed by atoms with Crippen molar-refractivity contribution in [3.8, 4) is 0 Å². The van der Waals surface area contributed by atoms with Gasteiger partial charge in [-0.3, -0.25) is 9.59 Å². The molecule has 0 spiro atoms. The van der Waals surface area contributed by atoms with Gasteiger partial charge in [0, 0.05) is 6.42 Å². The smallest absolute Gasteiger partial charge is 0.306 e. The molecule has 6 N–H and O–H groups in total. The van der Waals surface area contributed by atoms with Crippen molar-refractivity contribution in [3.05, 3.63) is 24.3 Å². The Hall–Kier alpha value is -1.86. The van der Waals surface area contributed by atoms with Crippen molar-refractivity contribution in [1.29, 1.82) is 0 Å². The minimum absolute atomic E-state index is 0.122. The number of nitrogens with one attached hydrogen (secondary N) is 1. The molecule has 11 heteroatoms. The van der Waals surface area contributed by atoms with E-state index in [1.807, 2.05) is 6.08 Å². The van der Waals surface area contributed by atoms with Crippen LogP contribution in [0, 0.1) is 0 Å². The van der Waals surface area contributed by atoms with Crippen LogP contribution in [-0.2, 0) is 23.8 Å². The zero-order valence-corrected chi connectivity index (χ0v) is 44.0. The molecule has 0 saturated carbocycles. The first-order chi connectivity index (χ1) is 33.2. The van der Waals surface area contributed by atoms with E-state index in [0.29, 0.717) is 19.3 Å². The lowest BCUT2D eigenvalue weighted by Gasteiger charge is -2.41. The van der Waals surface area contributed by atoms with Crippen molar-refractivity contribution in [3.63, 3.8) is 0 Å². The van der Waals surface area contributed by atoms with E-state index in [1.165, 1.54) is 148 Å². The van der Waals surface area contributed by atoms with E-state index in [0.717, 1.165) is 70.6 Å². The van der Waals surface area contributed by atoms with Gasteiger partial charge in [0.2, 0.25) is 5.91 Å². The minimum Gasteiger partial charge on any atom is -0.454 e. The SMILES string of the molecule is CCCCCCCC/C=C/CCCCCCCCCC(=O)OC1C(OCC(NC(=O)C(O)CCCCCCCCCCCC)C(O)/C=C/CCCCCCCCCCCC)OC(CO)C(O)C1O. The molecule has 1 aliphatic rings. The van der Waals surface area contributed by atoms with E-state index in [2.05, 4.69) is 38.2 Å². The minimum atomic E-state index is -1.61. The molecule has 0 aromatic rings. The molecule has 1 fully saturated rings. The van der Waals surface area contributed by atoms with Crippen molar-refractivity contribution in [2.45, 2.75) is 314 Å². The average Bonchev–Trinajstić information content (AvgIpc) is 3.33. The molecule has 0 aromatic heterocycles. The number of carbonyl (C=O) groups excluding carboxylic acids is 2. The number of ether oxygens (including phenoxy) is 3. The maximum atomic E-state index is 13.3. The van der Waals surface area contributed by atoms with Crippen LogP contribution in [0.5, 0.6) is 0 Å². The number of amides is 1. The number of aliphatic hydroxyl groups is 5. The van der Waals surface area contributed by atoms with Gasteiger partial charge >= 0.3 is 5.97 Å². The highest BCUT2D eigenvalue weighted by atomic mass is 16.7. The van der Waals surface area contributed by atoms with Crippen LogP contribution in [0.2, 0.25) is 0 Å². The molecule has 1 rings (SSSR count). The van der Waals surface area contributed by atoms with Crippen LogP contribution >= 0.6 is 0 Å². The van der Waals surface area contributed by atoms with Crippen molar-refractivity contribution in [2.75, 3.05) is 13.2 Å². The van der Waals surface area contributed by atoms with Crippen LogP contribution in [0.25, 0.3) is 0 Å². The molecule has 0 aliphatic carbocycles. The predicted molar refractivity (Wildman–Crippen MR) is 278 cm³/mol. The lowest BCUT2D eigenvalue weighted by molar-refractivity contribution is -0.305. The molecule has 1 saturated heterocycles. The summed E-state index contributed by atoms with van der Waals surface area (Å²) in [5, 5.41) is 56.7. The summed E-state index contributed by atoms with van der Waals surface area (Å²) >= 11 is 0. The fourth-order valence-corrected chi connectivity index (χ4v) is 9.00. The van der Waals surface area contributed by atoms with Crippen LogP contribution in [-0.4, -0.2) is 99.6 Å². The summed E-state index contributed by atoms with van der Waals surface area (Å²) in [6.45, 7) is 5.76. The fourth-order valence-electron chi connectivity index (χ4n) is 9.00. The van der Waals surface area contributed by atoms with Gasteiger partial charge in [0.25, 0.3) is 0 Å². The Morgan fingerprint density at radius 1 is 0.559 bits per heavy atom. The lowest BCUT2D eigenvalue weighted by atomic mass is 9.99. The maximum Gasteiger partial charge on any atom is 0.306 e. The van der Waals surface area contributed by atoms with Gasteiger partial charge in [0.15, 0.2) is 12.4 Å². The van der Waals surface area contributed by atoms with E-state index in [4.69, 9.17) is 14.2 Å². The molecule has 11 nitrogen and oxygen atoms in total. The third kappa shape index (κ3) is 34.5. The van der Waals surface area contributed by atoms with E-state index in [9.17, 15) is 35.1 Å². The lowest BCUT2D eigenvalue weighted by Crippen LogP contribution is -2.61. The van der Waals surface area contributed by atoms with Gasteiger partial charge in [-0.25, -0.2) is 0 Å². The summed E-state index contributed by atoms with van der Waals surface area (Å²) in [5.41, 5.74) is 0. The molecule has 8 atom stereocenters. The van der Waals surface area contributed by atoms with E-state index in [-0.39, 0.29) is 13.0 Å².